The van der Waals surface area contributed by atoms with Crippen LogP contribution in [-0.2, 0) is 9.09 Å². The van der Waals surface area contributed by atoms with E-state index in [0.29, 0.717) is 17.4 Å². The van der Waals surface area contributed by atoms with E-state index in [-0.39, 0.29) is 5.41 Å². The van der Waals surface area contributed by atoms with Crippen LogP contribution >= 0.6 is 7.82 Å². The van der Waals surface area contributed by atoms with Crippen LogP contribution in [0.1, 0.15) is 46.0 Å². The molecule has 0 aromatic heterocycles. The van der Waals surface area contributed by atoms with E-state index in [4.69, 9.17) is 13.6 Å². The maximum absolute atomic E-state index is 14.0. The van der Waals surface area contributed by atoms with E-state index in [9.17, 15) is 4.57 Å². The van der Waals surface area contributed by atoms with Crippen LogP contribution in [-0.4, -0.2) is 5.60 Å². The fraction of sp³-hybridized carbons (Fsp3) is 0.500. The van der Waals surface area contributed by atoms with Crippen LogP contribution in [0.4, 0.5) is 0 Å². The number of rotatable bonds is 6. The lowest BCUT2D eigenvalue weighted by atomic mass is 9.44. The molecule has 0 saturated heterocycles. The summed E-state index contributed by atoms with van der Waals surface area (Å²) in [6.45, 7) is 4.46. The maximum atomic E-state index is 14.0. The molecule has 2 aromatic rings. The monoisotopic (exact) mass is 412 g/mol. The van der Waals surface area contributed by atoms with Gasteiger partial charge < -0.3 is 9.05 Å². The zero-order valence-corrected chi connectivity index (χ0v) is 18.0. The molecule has 4 fully saturated rings. The fourth-order valence-corrected chi connectivity index (χ4v) is 8.00. The van der Waals surface area contributed by atoms with E-state index in [0.717, 1.165) is 37.5 Å². The van der Waals surface area contributed by atoms with Gasteiger partial charge in [0.1, 0.15) is 11.5 Å². The highest BCUT2D eigenvalue weighted by Crippen LogP contribution is 2.69. The molecule has 154 valence electrons. The Bertz CT molecular complexity index is 855. The van der Waals surface area contributed by atoms with E-state index in [1.165, 1.54) is 6.42 Å². The van der Waals surface area contributed by atoms with Gasteiger partial charge in [0, 0.05) is 0 Å². The fourth-order valence-electron chi connectivity index (χ4n) is 6.30. The van der Waals surface area contributed by atoms with E-state index in [1.54, 1.807) is 24.3 Å². The first kappa shape index (κ1) is 19.2. The second kappa shape index (κ2) is 6.89. The molecular formula is C24H29O4P. The minimum absolute atomic E-state index is 0.00247. The highest BCUT2D eigenvalue weighted by atomic mass is 31.2. The van der Waals surface area contributed by atoms with Crippen LogP contribution in [0.5, 0.6) is 11.5 Å². The van der Waals surface area contributed by atoms with Crippen molar-refractivity contribution in [2.75, 3.05) is 0 Å². The van der Waals surface area contributed by atoms with Gasteiger partial charge in [0.15, 0.2) is 0 Å². The Hall–Kier alpha value is -1.77. The summed E-state index contributed by atoms with van der Waals surface area (Å²) in [7, 11) is -3.90. The molecule has 0 aliphatic heterocycles. The van der Waals surface area contributed by atoms with Crippen LogP contribution in [0.25, 0.3) is 0 Å². The zero-order valence-electron chi connectivity index (χ0n) is 17.1. The second-order valence-electron chi connectivity index (χ2n) is 9.56. The molecule has 4 aliphatic carbocycles. The van der Waals surface area contributed by atoms with Crippen molar-refractivity contribution in [2.45, 2.75) is 51.6 Å². The van der Waals surface area contributed by atoms with Gasteiger partial charge >= 0.3 is 7.82 Å². The van der Waals surface area contributed by atoms with Crippen molar-refractivity contribution in [1.29, 1.82) is 0 Å². The molecule has 3 unspecified atom stereocenters. The highest BCUT2D eigenvalue weighted by Gasteiger charge is 2.64. The van der Waals surface area contributed by atoms with E-state index in [2.05, 4.69) is 13.8 Å². The number of phosphoric acid groups is 1. The predicted molar refractivity (Wildman–Crippen MR) is 113 cm³/mol. The third-order valence-electron chi connectivity index (χ3n) is 7.58. The van der Waals surface area contributed by atoms with Gasteiger partial charge in [-0.1, -0.05) is 43.3 Å². The Morgan fingerprint density at radius 1 is 0.793 bits per heavy atom. The molecule has 6 rings (SSSR count). The number of hydrogen-bond acceptors (Lipinski definition) is 4. The van der Waals surface area contributed by atoms with Gasteiger partial charge in [0.25, 0.3) is 0 Å². The van der Waals surface area contributed by atoms with Crippen molar-refractivity contribution in [2.24, 2.45) is 23.2 Å². The molecular weight excluding hydrogens is 383 g/mol. The van der Waals surface area contributed by atoms with E-state index < -0.39 is 13.4 Å². The van der Waals surface area contributed by atoms with Gasteiger partial charge in [-0.05, 0) is 86.5 Å². The lowest BCUT2D eigenvalue weighted by Gasteiger charge is -2.64. The molecule has 0 heterocycles. The van der Waals surface area contributed by atoms with Crippen LogP contribution < -0.4 is 9.05 Å². The lowest BCUT2D eigenvalue weighted by molar-refractivity contribution is -0.202. The standard InChI is InChI=1S/C24H29O4P/c1-23-16-18-13-19(17-23)15-20(14-18)24(23,2)28-29(25,26-21-9-5-3-6-10-21)27-22-11-7-4-8-12-22/h3-12,18-20H,13-17H2,1-2H3. The summed E-state index contributed by atoms with van der Waals surface area (Å²) in [5.41, 5.74) is -0.531. The summed E-state index contributed by atoms with van der Waals surface area (Å²) in [4.78, 5) is 0. The smallest absolute Gasteiger partial charge is 0.395 e. The van der Waals surface area contributed by atoms with Gasteiger partial charge in [0.05, 0.1) is 5.60 Å². The molecule has 4 saturated carbocycles. The SMILES string of the molecule is CC12CC3CC(CC(C3)C1(C)OP(=O)(Oc1ccccc1)Oc1ccccc1)C2. The Kier molecular flexibility index (Phi) is 4.56. The van der Waals surface area contributed by atoms with Crippen LogP contribution in [0.2, 0.25) is 0 Å². The largest absolute Gasteiger partial charge is 0.588 e. The topological polar surface area (TPSA) is 44.8 Å². The lowest BCUT2D eigenvalue weighted by Crippen LogP contribution is -2.62. The molecule has 0 spiro atoms. The van der Waals surface area contributed by atoms with Gasteiger partial charge in [-0.2, -0.15) is 0 Å². The molecule has 4 aliphatic rings. The first-order chi connectivity index (χ1) is 13.9. The normalized spacial score (nSPS) is 35.4. The molecule has 4 bridgehead atoms. The van der Waals surface area contributed by atoms with Crippen molar-refractivity contribution in [3.8, 4) is 11.5 Å². The number of para-hydroxylation sites is 2. The Labute approximate surface area is 173 Å². The molecule has 29 heavy (non-hydrogen) atoms. The Balaban J connectivity index is 1.48. The average Bonchev–Trinajstić information content (AvgIpc) is 2.67. The summed E-state index contributed by atoms with van der Waals surface area (Å²) < 4.78 is 32.4. The molecule has 3 atom stereocenters. The number of hydrogen-bond donors (Lipinski definition) is 0. The third kappa shape index (κ3) is 3.41. The first-order valence-electron chi connectivity index (χ1n) is 10.7. The Morgan fingerprint density at radius 2 is 1.28 bits per heavy atom. The zero-order chi connectivity index (χ0) is 20.1. The van der Waals surface area contributed by atoms with Crippen molar-refractivity contribution in [3.05, 3.63) is 60.7 Å². The molecule has 4 nitrogen and oxygen atoms in total. The molecule has 0 radical (unpaired) electrons. The van der Waals surface area contributed by atoms with Crippen molar-refractivity contribution < 1.29 is 18.1 Å². The summed E-state index contributed by atoms with van der Waals surface area (Å²) in [6.07, 6.45) is 5.92. The minimum Gasteiger partial charge on any atom is -0.395 e. The first-order valence-corrected chi connectivity index (χ1v) is 12.1. The van der Waals surface area contributed by atoms with Crippen LogP contribution in [0, 0.1) is 23.2 Å². The van der Waals surface area contributed by atoms with Gasteiger partial charge in [-0.25, -0.2) is 4.57 Å². The summed E-state index contributed by atoms with van der Waals surface area (Å²) >= 11 is 0. The van der Waals surface area contributed by atoms with Gasteiger partial charge in [0.2, 0.25) is 0 Å². The summed E-state index contributed by atoms with van der Waals surface area (Å²) in [6, 6.07) is 18.4. The van der Waals surface area contributed by atoms with Crippen LogP contribution in [0.15, 0.2) is 60.7 Å². The number of phosphoric ester groups is 1. The molecule has 2 aromatic carbocycles. The maximum Gasteiger partial charge on any atom is 0.588 e. The molecule has 0 amide bonds. The van der Waals surface area contributed by atoms with Crippen molar-refractivity contribution in [3.63, 3.8) is 0 Å². The minimum atomic E-state index is -3.90. The quantitative estimate of drug-likeness (QED) is 0.486. The highest BCUT2D eigenvalue weighted by molar-refractivity contribution is 7.49. The van der Waals surface area contributed by atoms with E-state index >= 15 is 0 Å². The average molecular weight is 412 g/mol. The van der Waals surface area contributed by atoms with Gasteiger partial charge in [-0.3, -0.25) is 4.52 Å². The predicted octanol–water partition coefficient (Wildman–Crippen LogP) is 6.87. The Morgan fingerprint density at radius 3 is 1.72 bits per heavy atom. The molecule has 0 N–H and O–H groups in total. The third-order valence-corrected chi connectivity index (χ3v) is 9.05. The van der Waals surface area contributed by atoms with E-state index in [1.807, 2.05) is 36.4 Å². The van der Waals surface area contributed by atoms with Gasteiger partial charge in [-0.15, -0.1) is 0 Å². The second-order valence-corrected chi connectivity index (χ2v) is 11.0. The van der Waals surface area contributed by atoms with Crippen molar-refractivity contribution >= 4 is 7.82 Å². The summed E-state index contributed by atoms with van der Waals surface area (Å²) in [5.74, 6) is 2.93. The molecule has 5 heteroatoms. The summed E-state index contributed by atoms with van der Waals surface area (Å²) in [5, 5.41) is 0. The van der Waals surface area contributed by atoms with Crippen molar-refractivity contribution in [1.82, 2.24) is 0 Å². The number of benzene rings is 2. The van der Waals surface area contributed by atoms with Crippen LogP contribution in [0.3, 0.4) is 0 Å².